The van der Waals surface area contributed by atoms with Gasteiger partial charge in [-0.2, -0.15) is 0 Å². The number of amides is 1. The lowest BCUT2D eigenvalue weighted by atomic mass is 10.1. The number of hydrogen-bond donors (Lipinski definition) is 0. The van der Waals surface area contributed by atoms with Crippen LogP contribution < -0.4 is 4.90 Å². The number of hydrogen-bond acceptors (Lipinski definition) is 6. The van der Waals surface area contributed by atoms with Gasteiger partial charge in [-0.1, -0.05) is 35.1 Å². The molecular weight excluding hydrogens is 485 g/mol. The van der Waals surface area contributed by atoms with E-state index in [9.17, 15) is 4.79 Å². The van der Waals surface area contributed by atoms with Crippen LogP contribution in [-0.4, -0.2) is 61.4 Å². The summed E-state index contributed by atoms with van der Waals surface area (Å²) in [7, 11) is 0. The summed E-state index contributed by atoms with van der Waals surface area (Å²) in [6, 6.07) is 12.0. The SMILES string of the molecule is CSc1ccc(CC(=O)N(CCN2CCOCC2)c2nc3c(C)cc(Cl)cc3s2)cc1.Cl. The molecule has 2 heterocycles. The van der Waals surface area contributed by atoms with Crippen molar-refractivity contribution in [3.63, 3.8) is 0 Å². The summed E-state index contributed by atoms with van der Waals surface area (Å²) in [5.74, 6) is 0.0629. The molecule has 32 heavy (non-hydrogen) atoms. The van der Waals surface area contributed by atoms with Gasteiger partial charge in [-0.15, -0.1) is 24.2 Å². The van der Waals surface area contributed by atoms with E-state index < -0.39 is 0 Å². The molecular formula is C23H27Cl2N3O2S2. The molecule has 172 valence electrons. The summed E-state index contributed by atoms with van der Waals surface area (Å²) in [5, 5.41) is 1.43. The predicted octanol–water partition coefficient (Wildman–Crippen LogP) is 5.31. The zero-order chi connectivity index (χ0) is 21.8. The van der Waals surface area contributed by atoms with Gasteiger partial charge in [0.25, 0.3) is 0 Å². The molecule has 1 aliphatic rings. The van der Waals surface area contributed by atoms with Crippen molar-refractivity contribution in [1.29, 1.82) is 0 Å². The van der Waals surface area contributed by atoms with Gasteiger partial charge >= 0.3 is 0 Å². The molecule has 0 spiro atoms. The van der Waals surface area contributed by atoms with E-state index in [1.54, 1.807) is 11.8 Å². The van der Waals surface area contributed by atoms with Crippen LogP contribution in [-0.2, 0) is 16.0 Å². The van der Waals surface area contributed by atoms with E-state index in [0.717, 1.165) is 59.3 Å². The molecule has 0 saturated carbocycles. The van der Waals surface area contributed by atoms with Crippen molar-refractivity contribution >= 4 is 68.4 Å². The topological polar surface area (TPSA) is 45.7 Å². The minimum Gasteiger partial charge on any atom is -0.379 e. The Morgan fingerprint density at radius 2 is 1.97 bits per heavy atom. The number of thioether (sulfide) groups is 1. The number of aromatic nitrogens is 1. The van der Waals surface area contributed by atoms with Crippen LogP contribution in [0, 0.1) is 6.92 Å². The fraction of sp³-hybridized carbons (Fsp3) is 0.391. The maximum Gasteiger partial charge on any atom is 0.233 e. The first-order chi connectivity index (χ1) is 15.0. The van der Waals surface area contributed by atoms with Gasteiger partial charge in [0.2, 0.25) is 5.91 Å². The van der Waals surface area contributed by atoms with Crippen LogP contribution in [0.25, 0.3) is 10.2 Å². The number of anilines is 1. The third-order valence-corrected chi connectivity index (χ3v) is 7.42. The monoisotopic (exact) mass is 511 g/mol. The lowest BCUT2D eigenvalue weighted by Gasteiger charge is -2.29. The average Bonchev–Trinajstić information content (AvgIpc) is 3.19. The number of halogens is 2. The Kier molecular flexibility index (Phi) is 9.22. The maximum absolute atomic E-state index is 13.4. The fourth-order valence-corrected chi connectivity index (χ4v) is 5.54. The first-order valence-electron chi connectivity index (χ1n) is 10.3. The third-order valence-electron chi connectivity index (χ3n) is 5.43. The first kappa shape index (κ1) is 25.3. The van der Waals surface area contributed by atoms with Crippen LogP contribution in [0.1, 0.15) is 11.1 Å². The van der Waals surface area contributed by atoms with Gasteiger partial charge in [0.1, 0.15) is 0 Å². The maximum atomic E-state index is 13.4. The van der Waals surface area contributed by atoms with Crippen LogP contribution >= 0.6 is 47.1 Å². The lowest BCUT2D eigenvalue weighted by molar-refractivity contribution is -0.118. The predicted molar refractivity (Wildman–Crippen MR) is 138 cm³/mol. The number of benzene rings is 2. The van der Waals surface area contributed by atoms with Gasteiger partial charge in [0, 0.05) is 36.1 Å². The van der Waals surface area contributed by atoms with Crippen molar-refractivity contribution in [2.24, 2.45) is 0 Å². The Morgan fingerprint density at radius 1 is 1.25 bits per heavy atom. The summed E-state index contributed by atoms with van der Waals surface area (Å²) < 4.78 is 6.46. The van der Waals surface area contributed by atoms with Gasteiger partial charge in [-0.25, -0.2) is 4.98 Å². The highest BCUT2D eigenvalue weighted by atomic mass is 35.5. The second kappa shape index (κ2) is 11.7. The molecule has 1 amide bonds. The highest BCUT2D eigenvalue weighted by Gasteiger charge is 2.22. The zero-order valence-corrected chi connectivity index (χ0v) is 21.4. The minimum absolute atomic E-state index is 0. The van der Waals surface area contributed by atoms with E-state index in [-0.39, 0.29) is 18.3 Å². The number of aryl methyl sites for hydroxylation is 1. The Hall–Kier alpha value is -1.35. The van der Waals surface area contributed by atoms with Crippen molar-refractivity contribution in [3.8, 4) is 0 Å². The van der Waals surface area contributed by atoms with Gasteiger partial charge in [-0.05, 0) is 48.6 Å². The van der Waals surface area contributed by atoms with Crippen LogP contribution in [0.3, 0.4) is 0 Å². The molecule has 9 heteroatoms. The highest BCUT2D eigenvalue weighted by molar-refractivity contribution is 7.98. The van der Waals surface area contributed by atoms with Crippen molar-refractivity contribution in [1.82, 2.24) is 9.88 Å². The normalized spacial score (nSPS) is 14.3. The van der Waals surface area contributed by atoms with Crippen LogP contribution in [0.15, 0.2) is 41.3 Å². The molecule has 0 aliphatic carbocycles. The zero-order valence-electron chi connectivity index (χ0n) is 18.2. The van der Waals surface area contributed by atoms with E-state index in [0.29, 0.717) is 18.0 Å². The molecule has 4 rings (SSSR count). The second-order valence-corrected chi connectivity index (χ2v) is 9.92. The van der Waals surface area contributed by atoms with E-state index in [1.807, 2.05) is 36.1 Å². The number of fused-ring (bicyclic) bond motifs is 1. The van der Waals surface area contributed by atoms with E-state index >= 15 is 0 Å². The van der Waals surface area contributed by atoms with Crippen LogP contribution in [0.2, 0.25) is 5.02 Å². The first-order valence-corrected chi connectivity index (χ1v) is 12.8. The third kappa shape index (κ3) is 6.16. The number of nitrogens with zero attached hydrogens (tertiary/aromatic N) is 3. The van der Waals surface area contributed by atoms with E-state index in [1.165, 1.54) is 16.2 Å². The van der Waals surface area contributed by atoms with E-state index in [4.69, 9.17) is 21.3 Å². The molecule has 1 aliphatic heterocycles. The summed E-state index contributed by atoms with van der Waals surface area (Å²) in [6.07, 6.45) is 2.41. The van der Waals surface area contributed by atoms with Crippen molar-refractivity contribution in [2.75, 3.05) is 50.5 Å². The molecule has 5 nitrogen and oxygen atoms in total. The Bertz CT molecular complexity index is 1050. The van der Waals surface area contributed by atoms with Crippen LogP contribution in [0.4, 0.5) is 5.13 Å². The highest BCUT2D eigenvalue weighted by Crippen LogP contribution is 2.33. The quantitative estimate of drug-likeness (QED) is 0.402. The second-order valence-electron chi connectivity index (χ2n) is 7.59. The molecule has 1 fully saturated rings. The molecule has 2 aromatic carbocycles. The molecule has 3 aromatic rings. The van der Waals surface area contributed by atoms with Crippen molar-refractivity contribution in [3.05, 3.63) is 52.5 Å². The molecule has 1 saturated heterocycles. The molecule has 0 bridgehead atoms. The van der Waals surface area contributed by atoms with Gasteiger partial charge in [-0.3, -0.25) is 14.6 Å². The Balaban J connectivity index is 0.00000289. The number of carbonyl (C=O) groups excluding carboxylic acids is 1. The molecule has 1 aromatic heterocycles. The summed E-state index contributed by atoms with van der Waals surface area (Å²) in [5.41, 5.74) is 2.95. The molecule has 0 radical (unpaired) electrons. The minimum atomic E-state index is 0. The van der Waals surface area contributed by atoms with Gasteiger partial charge in [0.15, 0.2) is 5.13 Å². The number of morpholine rings is 1. The van der Waals surface area contributed by atoms with Crippen molar-refractivity contribution in [2.45, 2.75) is 18.2 Å². The summed E-state index contributed by atoms with van der Waals surface area (Å²) in [6.45, 7) is 6.69. The fourth-order valence-electron chi connectivity index (χ4n) is 3.66. The number of ether oxygens (including phenoxy) is 1. The number of carbonyl (C=O) groups is 1. The van der Waals surface area contributed by atoms with Gasteiger partial charge in [0.05, 0.1) is 29.9 Å². The summed E-state index contributed by atoms with van der Waals surface area (Å²) in [4.78, 5) is 23.6. The van der Waals surface area contributed by atoms with E-state index in [2.05, 4.69) is 23.3 Å². The lowest BCUT2D eigenvalue weighted by Crippen LogP contribution is -2.43. The standard InChI is InChI=1S/C23H26ClN3O2S2.ClH/c1-16-13-18(24)15-20-22(16)25-23(31-20)27(8-7-26-9-11-29-12-10-26)21(28)14-17-3-5-19(30-2)6-4-17;/h3-6,13,15H,7-12,14H2,1-2H3;1H. The largest absolute Gasteiger partial charge is 0.379 e. The van der Waals surface area contributed by atoms with Crippen molar-refractivity contribution < 1.29 is 9.53 Å². The average molecular weight is 513 g/mol. The Labute approximate surface area is 208 Å². The molecule has 0 atom stereocenters. The van der Waals surface area contributed by atoms with Crippen LogP contribution in [0.5, 0.6) is 0 Å². The number of thiazole rings is 1. The smallest absolute Gasteiger partial charge is 0.233 e. The number of rotatable bonds is 7. The van der Waals surface area contributed by atoms with Gasteiger partial charge < -0.3 is 4.74 Å². The Morgan fingerprint density at radius 3 is 2.66 bits per heavy atom. The molecule has 0 unspecified atom stereocenters. The molecule has 0 N–H and O–H groups in total. The summed E-state index contributed by atoms with van der Waals surface area (Å²) >= 11 is 9.47.